The third-order valence-corrected chi connectivity index (χ3v) is 1.99. The molecule has 2 unspecified atom stereocenters. The number of rotatable bonds is 7. The van der Waals surface area contributed by atoms with Gasteiger partial charge in [-0.1, -0.05) is 6.58 Å². The highest BCUT2D eigenvalue weighted by atomic mass is 16.4. The molecule has 0 aromatic heterocycles. The molecule has 0 heterocycles. The summed E-state index contributed by atoms with van der Waals surface area (Å²) in [5.41, 5.74) is -0.212. The number of carbonyl (C=O) groups excluding carboxylic acids is 1. The molecule has 3 N–H and O–H groups in total. The number of carboxylic acid groups (broad SMARTS) is 1. The summed E-state index contributed by atoms with van der Waals surface area (Å²) >= 11 is 0. The van der Waals surface area contributed by atoms with E-state index in [1.54, 1.807) is 0 Å². The van der Waals surface area contributed by atoms with Crippen LogP contribution in [0.15, 0.2) is 12.2 Å². The Morgan fingerprint density at radius 3 is 1.88 bits per heavy atom. The topological polar surface area (TPSA) is 98.1 Å². The number of aliphatic carboxylic acids is 1. The van der Waals surface area contributed by atoms with Crippen molar-refractivity contribution in [1.29, 1.82) is 0 Å². The third-order valence-electron chi connectivity index (χ3n) is 1.99. The maximum Gasteiger partial charge on any atom is 0.331 e. The standard InChI is InChI=1S/C11H19NO5/c1-7(11(16)17)4-10(15)12(5-8(2)13)6-9(3)14/h8-9,13-14H,1,4-6H2,2-3H3,(H,16,17). The zero-order valence-electron chi connectivity index (χ0n) is 10.1. The van der Waals surface area contributed by atoms with E-state index >= 15 is 0 Å². The van der Waals surface area contributed by atoms with Crippen LogP contribution in [0.5, 0.6) is 0 Å². The van der Waals surface area contributed by atoms with E-state index in [-0.39, 0.29) is 25.1 Å². The van der Waals surface area contributed by atoms with Crippen LogP contribution in [0.2, 0.25) is 0 Å². The highest BCUT2D eigenvalue weighted by Crippen LogP contribution is 2.05. The average Bonchev–Trinajstić information content (AvgIpc) is 2.14. The molecular weight excluding hydrogens is 226 g/mol. The van der Waals surface area contributed by atoms with Crippen LogP contribution in [0.4, 0.5) is 0 Å². The van der Waals surface area contributed by atoms with Gasteiger partial charge in [0.05, 0.1) is 18.6 Å². The normalized spacial score (nSPS) is 13.9. The van der Waals surface area contributed by atoms with Crippen molar-refractivity contribution in [3.63, 3.8) is 0 Å². The molecule has 0 aliphatic heterocycles. The summed E-state index contributed by atoms with van der Waals surface area (Å²) in [5.74, 6) is -1.70. The van der Waals surface area contributed by atoms with Gasteiger partial charge in [-0.3, -0.25) is 4.79 Å². The number of carbonyl (C=O) groups is 2. The second-order valence-corrected chi connectivity index (χ2v) is 4.08. The van der Waals surface area contributed by atoms with Gasteiger partial charge in [0.25, 0.3) is 0 Å². The molecule has 98 valence electrons. The van der Waals surface area contributed by atoms with Crippen LogP contribution in [-0.2, 0) is 9.59 Å². The van der Waals surface area contributed by atoms with E-state index in [1.807, 2.05) is 0 Å². The van der Waals surface area contributed by atoms with Crippen LogP contribution in [0, 0.1) is 0 Å². The summed E-state index contributed by atoms with van der Waals surface area (Å²) in [7, 11) is 0. The fourth-order valence-corrected chi connectivity index (χ4v) is 1.29. The Morgan fingerprint density at radius 2 is 1.59 bits per heavy atom. The fraction of sp³-hybridized carbons (Fsp3) is 0.636. The van der Waals surface area contributed by atoms with Gasteiger partial charge in [0.15, 0.2) is 0 Å². The Hall–Kier alpha value is -1.40. The number of hydrogen-bond donors (Lipinski definition) is 3. The maximum atomic E-state index is 11.7. The van der Waals surface area contributed by atoms with E-state index in [4.69, 9.17) is 5.11 Å². The number of hydrogen-bond acceptors (Lipinski definition) is 4. The first-order valence-corrected chi connectivity index (χ1v) is 5.29. The van der Waals surface area contributed by atoms with Gasteiger partial charge < -0.3 is 20.2 Å². The lowest BCUT2D eigenvalue weighted by Crippen LogP contribution is -2.41. The van der Waals surface area contributed by atoms with Crippen LogP contribution in [0.1, 0.15) is 20.3 Å². The van der Waals surface area contributed by atoms with Gasteiger partial charge in [0.1, 0.15) is 0 Å². The quantitative estimate of drug-likeness (QED) is 0.530. The molecule has 0 aliphatic rings. The fourth-order valence-electron chi connectivity index (χ4n) is 1.29. The second-order valence-electron chi connectivity index (χ2n) is 4.08. The molecule has 1 amide bonds. The molecule has 6 heteroatoms. The Kier molecular flexibility index (Phi) is 6.45. The minimum absolute atomic E-state index is 0.0522. The van der Waals surface area contributed by atoms with Crippen LogP contribution >= 0.6 is 0 Å². The van der Waals surface area contributed by atoms with Gasteiger partial charge in [-0.25, -0.2) is 4.79 Å². The van der Waals surface area contributed by atoms with Crippen molar-refractivity contribution in [3.8, 4) is 0 Å². The monoisotopic (exact) mass is 245 g/mol. The van der Waals surface area contributed by atoms with Crippen LogP contribution < -0.4 is 0 Å². The van der Waals surface area contributed by atoms with Gasteiger partial charge in [0, 0.05) is 18.7 Å². The van der Waals surface area contributed by atoms with Crippen molar-refractivity contribution < 1.29 is 24.9 Å². The Labute approximate surface area is 100 Å². The van der Waals surface area contributed by atoms with E-state index in [9.17, 15) is 19.8 Å². The number of aliphatic hydroxyl groups is 2. The third kappa shape index (κ3) is 6.70. The Bertz CT molecular complexity index is 288. The van der Waals surface area contributed by atoms with Crippen LogP contribution in [0.25, 0.3) is 0 Å². The summed E-state index contributed by atoms with van der Waals surface area (Å²) in [6, 6.07) is 0. The van der Waals surface area contributed by atoms with E-state index in [0.29, 0.717) is 0 Å². The van der Waals surface area contributed by atoms with Gasteiger partial charge in [-0.05, 0) is 13.8 Å². The summed E-state index contributed by atoms with van der Waals surface area (Å²) in [6.45, 7) is 6.38. The molecule has 0 aromatic carbocycles. The van der Waals surface area contributed by atoms with E-state index in [2.05, 4.69) is 6.58 Å². The number of carboxylic acids is 1. The first-order valence-electron chi connectivity index (χ1n) is 5.29. The number of amides is 1. The Morgan fingerprint density at radius 1 is 1.18 bits per heavy atom. The maximum absolute atomic E-state index is 11.7. The lowest BCUT2D eigenvalue weighted by atomic mass is 10.2. The van der Waals surface area contributed by atoms with Gasteiger partial charge in [0.2, 0.25) is 5.91 Å². The molecule has 0 saturated heterocycles. The molecule has 0 rings (SSSR count). The van der Waals surface area contributed by atoms with E-state index in [1.165, 1.54) is 18.7 Å². The smallest absolute Gasteiger partial charge is 0.331 e. The van der Waals surface area contributed by atoms with Gasteiger partial charge in [-0.15, -0.1) is 0 Å². The highest BCUT2D eigenvalue weighted by Gasteiger charge is 2.19. The summed E-state index contributed by atoms with van der Waals surface area (Å²) in [4.78, 5) is 23.5. The molecule has 0 aromatic rings. The molecule has 0 saturated carbocycles. The van der Waals surface area contributed by atoms with Crippen molar-refractivity contribution >= 4 is 11.9 Å². The zero-order chi connectivity index (χ0) is 13.6. The molecule has 0 aliphatic carbocycles. The zero-order valence-corrected chi connectivity index (χ0v) is 10.1. The van der Waals surface area contributed by atoms with Gasteiger partial charge in [-0.2, -0.15) is 0 Å². The first-order chi connectivity index (χ1) is 7.73. The molecule has 0 fully saturated rings. The van der Waals surface area contributed by atoms with E-state index in [0.717, 1.165) is 0 Å². The molecule has 17 heavy (non-hydrogen) atoms. The Balaban J connectivity index is 4.52. The molecule has 6 nitrogen and oxygen atoms in total. The average molecular weight is 245 g/mol. The largest absolute Gasteiger partial charge is 0.478 e. The predicted octanol–water partition coefficient (Wildman–Crippen LogP) is -0.392. The lowest BCUT2D eigenvalue weighted by molar-refractivity contribution is -0.137. The van der Waals surface area contributed by atoms with Crippen molar-refractivity contribution in [3.05, 3.63) is 12.2 Å². The minimum atomic E-state index is -1.23. The molecule has 0 spiro atoms. The van der Waals surface area contributed by atoms with Crippen molar-refractivity contribution in [2.75, 3.05) is 13.1 Å². The summed E-state index contributed by atoms with van der Waals surface area (Å²) < 4.78 is 0. The summed E-state index contributed by atoms with van der Waals surface area (Å²) in [5, 5.41) is 27.0. The van der Waals surface area contributed by atoms with Crippen molar-refractivity contribution in [2.24, 2.45) is 0 Å². The van der Waals surface area contributed by atoms with Crippen molar-refractivity contribution in [2.45, 2.75) is 32.5 Å². The molecular formula is C11H19NO5. The molecule has 2 atom stereocenters. The van der Waals surface area contributed by atoms with Crippen LogP contribution in [-0.4, -0.2) is 57.4 Å². The second kappa shape index (κ2) is 7.03. The number of nitrogens with zero attached hydrogens (tertiary/aromatic N) is 1. The number of aliphatic hydroxyl groups excluding tert-OH is 2. The molecule has 0 bridgehead atoms. The lowest BCUT2D eigenvalue weighted by Gasteiger charge is -2.25. The van der Waals surface area contributed by atoms with Crippen LogP contribution in [0.3, 0.4) is 0 Å². The van der Waals surface area contributed by atoms with Gasteiger partial charge >= 0.3 is 5.97 Å². The summed E-state index contributed by atoms with van der Waals surface area (Å²) in [6.07, 6.45) is -1.80. The first kappa shape index (κ1) is 15.6. The van der Waals surface area contributed by atoms with Crippen molar-refractivity contribution in [1.82, 2.24) is 4.90 Å². The minimum Gasteiger partial charge on any atom is -0.478 e. The molecule has 0 radical (unpaired) electrons. The SMILES string of the molecule is C=C(CC(=O)N(CC(C)O)CC(C)O)C(=O)O. The van der Waals surface area contributed by atoms with E-state index < -0.39 is 24.1 Å². The highest BCUT2D eigenvalue weighted by molar-refractivity contribution is 5.93. The predicted molar refractivity (Wildman–Crippen MR) is 61.3 cm³/mol.